The van der Waals surface area contributed by atoms with E-state index in [2.05, 4.69) is 234 Å². The molecule has 0 spiro atoms. The minimum atomic E-state index is -0.157. The summed E-state index contributed by atoms with van der Waals surface area (Å²) in [6.45, 7) is 4.86. The van der Waals surface area contributed by atoms with Gasteiger partial charge in [-0.25, -0.2) is 0 Å². The van der Waals surface area contributed by atoms with Crippen LogP contribution < -0.4 is 20.4 Å². The van der Waals surface area contributed by atoms with Crippen LogP contribution in [0.15, 0.2) is 200 Å². The maximum atomic E-state index is 2.57. The molecule has 0 amide bonds. The Morgan fingerprint density at radius 3 is 1.78 bits per heavy atom. The van der Waals surface area contributed by atoms with E-state index in [1.54, 1.807) is 0 Å². The zero-order chi connectivity index (χ0) is 38.8. The fourth-order valence-corrected chi connectivity index (χ4v) is 9.70. The van der Waals surface area contributed by atoms with Crippen LogP contribution in [-0.4, -0.2) is 10.6 Å². The van der Waals surface area contributed by atoms with Crippen LogP contribution in [0.1, 0.15) is 25.8 Å². The molecule has 2 aliphatic rings. The summed E-state index contributed by atoms with van der Waals surface area (Å²) in [6.07, 6.45) is 3.48. The standard InChI is InChI=1S/C55H43N3/c1-55(2)50-24-14-15-25-53(50)58-52-33-29-41(39-26-30-45(31-27-39)56(42-18-6-3-7-19-42)43-20-8-4-9-21-43)35-48(52)49-36-47(37-51(55)54(49)58)57(44-22-10-5-11-23-44)46-32-28-38-16-12-13-17-40(38)34-46/h3-36,47H,37H2,1-2H3. The van der Waals surface area contributed by atoms with Gasteiger partial charge in [-0.1, -0.05) is 141 Å². The second-order valence-electron chi connectivity index (χ2n) is 16.2. The Balaban J connectivity index is 1.10. The van der Waals surface area contributed by atoms with Crippen molar-refractivity contribution in [2.24, 2.45) is 0 Å². The number of aromatic nitrogens is 1. The van der Waals surface area contributed by atoms with Crippen molar-refractivity contribution in [3.8, 4) is 16.8 Å². The maximum absolute atomic E-state index is 2.57. The van der Waals surface area contributed by atoms with Crippen molar-refractivity contribution in [3.63, 3.8) is 0 Å². The Bertz CT molecular complexity index is 3070. The molecule has 0 saturated carbocycles. The molecule has 1 unspecified atom stereocenters. The zero-order valence-electron chi connectivity index (χ0n) is 32.8. The first kappa shape index (κ1) is 34.2. The first-order chi connectivity index (χ1) is 28.5. The topological polar surface area (TPSA) is 11.4 Å². The van der Waals surface area contributed by atoms with E-state index in [1.807, 2.05) is 0 Å². The lowest BCUT2D eigenvalue weighted by Crippen LogP contribution is -2.48. The third-order valence-electron chi connectivity index (χ3n) is 12.5. The first-order valence-corrected chi connectivity index (χ1v) is 20.4. The highest BCUT2D eigenvalue weighted by Crippen LogP contribution is 2.44. The zero-order valence-corrected chi connectivity index (χ0v) is 32.8. The summed E-state index contributed by atoms with van der Waals surface area (Å²) in [4.78, 5) is 4.88. The van der Waals surface area contributed by atoms with E-state index in [9.17, 15) is 0 Å². The van der Waals surface area contributed by atoms with Crippen LogP contribution in [0.25, 0.3) is 50.1 Å². The van der Waals surface area contributed by atoms with Crippen molar-refractivity contribution in [1.82, 2.24) is 4.57 Å². The van der Waals surface area contributed by atoms with Crippen LogP contribution in [-0.2, 0) is 5.41 Å². The molecule has 2 heterocycles. The second kappa shape index (κ2) is 13.5. The second-order valence-corrected chi connectivity index (χ2v) is 16.2. The molecule has 278 valence electrons. The van der Waals surface area contributed by atoms with Gasteiger partial charge in [0.2, 0.25) is 0 Å². The van der Waals surface area contributed by atoms with Gasteiger partial charge in [-0.2, -0.15) is 0 Å². The first-order valence-electron chi connectivity index (χ1n) is 20.4. The van der Waals surface area contributed by atoms with Crippen LogP contribution in [0.3, 0.4) is 0 Å². The minimum Gasteiger partial charge on any atom is -0.334 e. The Morgan fingerprint density at radius 2 is 1.07 bits per heavy atom. The Morgan fingerprint density at radius 1 is 0.500 bits per heavy atom. The number of nitrogens with zero attached hydrogens (tertiary/aromatic N) is 3. The average molecular weight is 746 g/mol. The van der Waals surface area contributed by atoms with Gasteiger partial charge in [0.1, 0.15) is 0 Å². The molecule has 1 aliphatic carbocycles. The lowest BCUT2D eigenvalue weighted by Gasteiger charge is -2.41. The molecule has 0 saturated heterocycles. The van der Waals surface area contributed by atoms with Gasteiger partial charge in [0.05, 0.1) is 22.6 Å². The smallest absolute Gasteiger partial charge is 0.0570 e. The Hall–Kier alpha value is -7.10. The largest absolute Gasteiger partial charge is 0.334 e. The fraction of sp³-hybridized carbons (Fsp3) is 0.0909. The molecule has 9 aromatic rings. The quantitative estimate of drug-likeness (QED) is 0.161. The van der Waals surface area contributed by atoms with E-state index < -0.39 is 0 Å². The van der Waals surface area contributed by atoms with Gasteiger partial charge in [-0.05, 0) is 118 Å². The molecule has 3 heteroatoms. The molecule has 11 rings (SSSR count). The Kier molecular flexibility index (Phi) is 7.97. The van der Waals surface area contributed by atoms with Crippen molar-refractivity contribution < 1.29 is 0 Å². The molecule has 1 aliphatic heterocycles. The van der Waals surface area contributed by atoms with Gasteiger partial charge in [-0.15, -0.1) is 0 Å². The molecule has 0 bridgehead atoms. The molecule has 3 nitrogen and oxygen atoms in total. The predicted octanol–water partition coefficient (Wildman–Crippen LogP) is 12.8. The summed E-state index contributed by atoms with van der Waals surface area (Å²) < 4.78 is 2.56. The molecular weight excluding hydrogens is 703 g/mol. The van der Waals surface area contributed by atoms with Crippen molar-refractivity contribution >= 4 is 61.8 Å². The average Bonchev–Trinajstić information content (AvgIpc) is 3.61. The highest BCUT2D eigenvalue weighted by molar-refractivity contribution is 5.93. The van der Waals surface area contributed by atoms with E-state index in [4.69, 9.17) is 0 Å². The maximum Gasteiger partial charge on any atom is 0.0570 e. The number of benzene rings is 8. The van der Waals surface area contributed by atoms with Gasteiger partial charge in [0, 0.05) is 44.5 Å². The molecule has 0 radical (unpaired) electrons. The number of para-hydroxylation sites is 4. The SMILES string of the molecule is CC1(C)C2=c3c(c4cc(-c5ccc(N(c6ccccc6)c6ccccc6)cc5)ccc4n3-c3ccccc31)=CC(N(c1ccccc1)c1ccc3ccccc3c1)C2. The monoisotopic (exact) mass is 745 g/mol. The number of anilines is 5. The molecule has 58 heavy (non-hydrogen) atoms. The van der Waals surface area contributed by atoms with Crippen LogP contribution >= 0.6 is 0 Å². The van der Waals surface area contributed by atoms with E-state index >= 15 is 0 Å². The predicted molar refractivity (Wildman–Crippen MR) is 244 cm³/mol. The third kappa shape index (κ3) is 5.49. The number of rotatable bonds is 7. The third-order valence-corrected chi connectivity index (χ3v) is 12.5. The van der Waals surface area contributed by atoms with Crippen molar-refractivity contribution in [3.05, 3.63) is 216 Å². The van der Waals surface area contributed by atoms with Gasteiger partial charge >= 0.3 is 0 Å². The number of hydrogen-bond donors (Lipinski definition) is 0. The van der Waals surface area contributed by atoms with Crippen LogP contribution in [0.2, 0.25) is 0 Å². The van der Waals surface area contributed by atoms with Crippen molar-refractivity contribution in [1.29, 1.82) is 0 Å². The fourth-order valence-electron chi connectivity index (χ4n) is 9.70. The van der Waals surface area contributed by atoms with E-state index in [0.29, 0.717) is 0 Å². The minimum absolute atomic E-state index is 0.0968. The van der Waals surface area contributed by atoms with Gasteiger partial charge in [0.15, 0.2) is 0 Å². The van der Waals surface area contributed by atoms with Crippen molar-refractivity contribution in [2.45, 2.75) is 31.7 Å². The lowest BCUT2D eigenvalue weighted by molar-refractivity contribution is 0.618. The highest BCUT2D eigenvalue weighted by Gasteiger charge is 2.39. The van der Waals surface area contributed by atoms with Gasteiger partial charge in [-0.3, -0.25) is 0 Å². The van der Waals surface area contributed by atoms with E-state index in [-0.39, 0.29) is 11.5 Å². The summed E-state index contributed by atoms with van der Waals surface area (Å²) in [5.74, 6) is 0. The van der Waals surface area contributed by atoms with E-state index in [0.717, 1.165) is 23.5 Å². The van der Waals surface area contributed by atoms with Crippen LogP contribution in [0.5, 0.6) is 0 Å². The number of fused-ring (bicyclic) bond motifs is 6. The summed E-state index contributed by atoms with van der Waals surface area (Å²) in [7, 11) is 0. The molecular formula is C55H43N3. The van der Waals surface area contributed by atoms with E-state index in [1.165, 1.54) is 71.6 Å². The molecule has 0 N–H and O–H groups in total. The van der Waals surface area contributed by atoms with Crippen LogP contribution in [0, 0.1) is 0 Å². The molecule has 0 fully saturated rings. The summed E-state index contributed by atoms with van der Waals surface area (Å²) in [5.41, 5.74) is 13.4. The lowest BCUT2D eigenvalue weighted by atomic mass is 9.71. The molecule has 1 atom stereocenters. The summed E-state index contributed by atoms with van der Waals surface area (Å²) >= 11 is 0. The molecule has 8 aromatic carbocycles. The summed E-state index contributed by atoms with van der Waals surface area (Å²) in [6, 6.07) is 73.1. The normalized spacial score (nSPS) is 15.1. The number of hydrogen-bond acceptors (Lipinski definition) is 2. The summed E-state index contributed by atoms with van der Waals surface area (Å²) in [5, 5.41) is 6.47. The van der Waals surface area contributed by atoms with Gasteiger partial charge in [0.25, 0.3) is 0 Å². The highest BCUT2D eigenvalue weighted by atomic mass is 15.2. The Labute approximate surface area is 339 Å². The van der Waals surface area contributed by atoms with Gasteiger partial charge < -0.3 is 14.4 Å². The van der Waals surface area contributed by atoms with Crippen molar-refractivity contribution in [2.75, 3.05) is 9.80 Å². The van der Waals surface area contributed by atoms with Crippen LogP contribution in [0.4, 0.5) is 28.4 Å². The molecule has 1 aromatic heterocycles.